The summed E-state index contributed by atoms with van der Waals surface area (Å²) in [4.78, 5) is 26.9. The van der Waals surface area contributed by atoms with Gasteiger partial charge < -0.3 is 10.6 Å². The zero-order chi connectivity index (χ0) is 19.6. The largest absolute Gasteiger partial charge is 0.351 e. The minimum atomic E-state index is 0.0169. The first-order chi connectivity index (χ1) is 13.7. The first-order valence-electron chi connectivity index (χ1n) is 9.65. The molecule has 0 bridgehead atoms. The molecule has 1 unspecified atom stereocenters. The molecule has 0 aliphatic heterocycles. The number of thioether (sulfide) groups is 2. The van der Waals surface area contributed by atoms with E-state index in [0.717, 1.165) is 35.5 Å². The molecule has 2 atom stereocenters. The van der Waals surface area contributed by atoms with Gasteiger partial charge in [0.15, 0.2) is 0 Å². The van der Waals surface area contributed by atoms with Crippen molar-refractivity contribution in [1.29, 1.82) is 0 Å². The maximum absolute atomic E-state index is 12.4. The minimum absolute atomic E-state index is 0.0169. The van der Waals surface area contributed by atoms with Gasteiger partial charge in [-0.25, -0.2) is 0 Å². The molecule has 0 saturated heterocycles. The Balaban J connectivity index is 1.45. The van der Waals surface area contributed by atoms with Crippen LogP contribution in [0.4, 0.5) is 0 Å². The molecule has 1 aliphatic carbocycles. The number of benzene rings is 2. The number of nitrogens with one attached hydrogen (secondary N) is 2. The van der Waals surface area contributed by atoms with Crippen LogP contribution in [0.25, 0.3) is 0 Å². The molecule has 4 nitrogen and oxygen atoms in total. The highest BCUT2D eigenvalue weighted by Gasteiger charge is 2.27. The van der Waals surface area contributed by atoms with Gasteiger partial charge >= 0.3 is 0 Å². The Kier molecular flexibility index (Phi) is 8.30. The number of carbonyl (C=O) groups excluding carboxylic acids is 2. The summed E-state index contributed by atoms with van der Waals surface area (Å²) in [7, 11) is 0. The Morgan fingerprint density at radius 1 is 0.714 bits per heavy atom. The van der Waals surface area contributed by atoms with Gasteiger partial charge in [-0.3, -0.25) is 9.59 Å². The van der Waals surface area contributed by atoms with Crippen molar-refractivity contribution in [3.63, 3.8) is 0 Å². The lowest BCUT2D eigenvalue weighted by molar-refractivity contribution is -0.122. The van der Waals surface area contributed by atoms with Crippen LogP contribution in [-0.2, 0) is 9.59 Å². The predicted molar refractivity (Wildman–Crippen MR) is 117 cm³/mol. The van der Waals surface area contributed by atoms with Crippen molar-refractivity contribution in [2.24, 2.45) is 0 Å². The molecule has 0 aromatic heterocycles. The Morgan fingerprint density at radius 3 is 1.50 bits per heavy atom. The maximum atomic E-state index is 12.4. The van der Waals surface area contributed by atoms with Crippen molar-refractivity contribution in [3.05, 3.63) is 60.7 Å². The molecule has 148 valence electrons. The lowest BCUT2D eigenvalue weighted by Crippen LogP contribution is -2.53. The second-order valence-electron chi connectivity index (χ2n) is 6.84. The molecule has 2 aromatic carbocycles. The summed E-state index contributed by atoms with van der Waals surface area (Å²) >= 11 is 3.07. The van der Waals surface area contributed by atoms with E-state index < -0.39 is 0 Å². The van der Waals surface area contributed by atoms with Crippen LogP contribution in [0.15, 0.2) is 70.5 Å². The summed E-state index contributed by atoms with van der Waals surface area (Å²) in [5.41, 5.74) is 0. The molecule has 1 aliphatic rings. The van der Waals surface area contributed by atoms with E-state index in [2.05, 4.69) is 10.6 Å². The Morgan fingerprint density at radius 2 is 1.11 bits per heavy atom. The van der Waals surface area contributed by atoms with Crippen LogP contribution in [0, 0.1) is 0 Å². The average Bonchev–Trinajstić information content (AvgIpc) is 2.74. The smallest absolute Gasteiger partial charge is 0.230 e. The van der Waals surface area contributed by atoms with Crippen LogP contribution in [0.2, 0.25) is 0 Å². The number of amides is 2. The normalized spacial score (nSPS) is 19.0. The summed E-state index contributed by atoms with van der Waals surface area (Å²) in [5.74, 6) is 0.841. The van der Waals surface area contributed by atoms with E-state index in [9.17, 15) is 9.59 Å². The first-order valence-corrected chi connectivity index (χ1v) is 11.6. The second kappa shape index (κ2) is 11.2. The predicted octanol–water partition coefficient (Wildman–Crippen LogP) is 4.11. The summed E-state index contributed by atoms with van der Waals surface area (Å²) in [5, 5.41) is 6.27. The van der Waals surface area contributed by atoms with E-state index in [0.29, 0.717) is 11.5 Å². The van der Waals surface area contributed by atoms with Crippen molar-refractivity contribution in [2.75, 3.05) is 11.5 Å². The standard InChI is InChI=1S/C22H26N2O2S2/c25-21(15-27-17-9-3-1-4-10-17)23-19-13-7-8-14-20(19)24-22(26)16-28-18-11-5-2-6-12-18/h1-6,9-12,19-20H,7-8,13-16H2,(H,23,25)(H,24,26)/t19-,20?/m1/s1. The van der Waals surface area contributed by atoms with Crippen LogP contribution in [0.5, 0.6) is 0 Å². The van der Waals surface area contributed by atoms with Crippen molar-refractivity contribution in [1.82, 2.24) is 10.6 Å². The highest BCUT2D eigenvalue weighted by Crippen LogP contribution is 2.21. The summed E-state index contributed by atoms with van der Waals surface area (Å²) in [6.45, 7) is 0. The lowest BCUT2D eigenvalue weighted by atomic mass is 9.90. The molecular weight excluding hydrogens is 388 g/mol. The van der Waals surface area contributed by atoms with E-state index in [1.807, 2.05) is 60.7 Å². The van der Waals surface area contributed by atoms with Gasteiger partial charge in [-0.1, -0.05) is 49.2 Å². The third-order valence-electron chi connectivity index (χ3n) is 4.68. The van der Waals surface area contributed by atoms with Crippen molar-refractivity contribution >= 4 is 35.3 Å². The van der Waals surface area contributed by atoms with Gasteiger partial charge in [-0.05, 0) is 37.1 Å². The van der Waals surface area contributed by atoms with E-state index in [1.165, 1.54) is 23.5 Å². The van der Waals surface area contributed by atoms with Crippen molar-refractivity contribution in [2.45, 2.75) is 47.6 Å². The lowest BCUT2D eigenvalue weighted by Gasteiger charge is -2.32. The Labute approximate surface area is 175 Å². The van der Waals surface area contributed by atoms with Crippen LogP contribution < -0.4 is 10.6 Å². The minimum Gasteiger partial charge on any atom is -0.351 e. The molecule has 6 heteroatoms. The fourth-order valence-electron chi connectivity index (χ4n) is 3.30. The maximum Gasteiger partial charge on any atom is 0.230 e. The number of hydrogen-bond donors (Lipinski definition) is 2. The zero-order valence-electron chi connectivity index (χ0n) is 15.8. The molecule has 1 saturated carbocycles. The third-order valence-corrected chi connectivity index (χ3v) is 6.71. The molecule has 1 fully saturated rings. The molecule has 2 aromatic rings. The number of rotatable bonds is 8. The quantitative estimate of drug-likeness (QED) is 0.638. The van der Waals surface area contributed by atoms with E-state index in [1.54, 1.807) is 0 Å². The summed E-state index contributed by atoms with van der Waals surface area (Å²) in [6, 6.07) is 19.9. The molecule has 28 heavy (non-hydrogen) atoms. The second-order valence-corrected chi connectivity index (χ2v) is 8.93. The fourth-order valence-corrected chi connectivity index (χ4v) is 4.77. The summed E-state index contributed by atoms with van der Waals surface area (Å²) in [6.07, 6.45) is 4.00. The molecule has 0 radical (unpaired) electrons. The van der Waals surface area contributed by atoms with Crippen LogP contribution in [0.3, 0.4) is 0 Å². The molecule has 2 N–H and O–H groups in total. The van der Waals surface area contributed by atoms with Crippen molar-refractivity contribution in [3.8, 4) is 0 Å². The van der Waals surface area contributed by atoms with Gasteiger partial charge in [-0.15, -0.1) is 23.5 Å². The molecule has 0 heterocycles. The van der Waals surface area contributed by atoms with Gasteiger partial charge in [0.25, 0.3) is 0 Å². The van der Waals surface area contributed by atoms with Gasteiger partial charge in [0.05, 0.1) is 11.5 Å². The van der Waals surface area contributed by atoms with Gasteiger partial charge in [0.1, 0.15) is 0 Å². The van der Waals surface area contributed by atoms with E-state index in [4.69, 9.17) is 0 Å². The highest BCUT2D eigenvalue weighted by atomic mass is 32.2. The molecule has 2 amide bonds. The molecular formula is C22H26N2O2S2. The van der Waals surface area contributed by atoms with Gasteiger partial charge in [0, 0.05) is 21.9 Å². The first kappa shape index (κ1) is 20.8. The van der Waals surface area contributed by atoms with Crippen LogP contribution in [-0.4, -0.2) is 35.4 Å². The monoisotopic (exact) mass is 414 g/mol. The highest BCUT2D eigenvalue weighted by molar-refractivity contribution is 8.00. The zero-order valence-corrected chi connectivity index (χ0v) is 17.4. The molecule has 3 rings (SSSR count). The van der Waals surface area contributed by atoms with Crippen molar-refractivity contribution < 1.29 is 9.59 Å². The Hall–Kier alpha value is -1.92. The summed E-state index contributed by atoms with van der Waals surface area (Å²) < 4.78 is 0. The van der Waals surface area contributed by atoms with Gasteiger partial charge in [0.2, 0.25) is 11.8 Å². The van der Waals surface area contributed by atoms with Crippen LogP contribution >= 0.6 is 23.5 Å². The average molecular weight is 415 g/mol. The topological polar surface area (TPSA) is 58.2 Å². The number of carbonyl (C=O) groups is 2. The number of hydrogen-bond acceptors (Lipinski definition) is 4. The van der Waals surface area contributed by atoms with Crippen LogP contribution in [0.1, 0.15) is 25.7 Å². The fraction of sp³-hybridized carbons (Fsp3) is 0.364. The van der Waals surface area contributed by atoms with E-state index in [-0.39, 0.29) is 23.9 Å². The third kappa shape index (κ3) is 6.91. The molecule has 0 spiro atoms. The SMILES string of the molecule is O=C(CSc1ccccc1)NC1CCCC[C@H]1NC(=O)CSc1ccccc1. The van der Waals surface area contributed by atoms with E-state index >= 15 is 0 Å². The Bertz CT molecular complexity index is 690. The van der Waals surface area contributed by atoms with Gasteiger partial charge in [-0.2, -0.15) is 0 Å².